The second kappa shape index (κ2) is 10.3. The molecule has 0 aliphatic rings. The molecule has 0 saturated carbocycles. The molecule has 0 spiro atoms. The first-order chi connectivity index (χ1) is 14.3. The molecular weight excluding hydrogens is 398 g/mol. The average Bonchev–Trinajstić information content (AvgIpc) is 2.75. The molecule has 30 heavy (non-hydrogen) atoms. The summed E-state index contributed by atoms with van der Waals surface area (Å²) in [6, 6.07) is 11.1. The number of nitrogens with zero attached hydrogens (tertiary/aromatic N) is 1. The Morgan fingerprint density at radius 3 is 2.50 bits per heavy atom. The van der Waals surface area contributed by atoms with Crippen LogP contribution in [0.25, 0.3) is 0 Å². The third-order valence-electron chi connectivity index (χ3n) is 3.68. The van der Waals surface area contributed by atoms with Gasteiger partial charge < -0.3 is 20.1 Å². The fraction of sp³-hybridized carbons (Fsp3) is 0.158. The fourth-order valence-electron chi connectivity index (χ4n) is 2.28. The number of amides is 2. The molecular formula is C19H17N3O8. The Labute approximate surface area is 170 Å². The lowest BCUT2D eigenvalue weighted by molar-refractivity contribution is -0.384. The summed E-state index contributed by atoms with van der Waals surface area (Å²) < 4.78 is 9.38. The second-order valence-corrected chi connectivity index (χ2v) is 5.74. The number of hydrogen-bond acceptors (Lipinski definition) is 8. The number of methoxy groups -OCH3 is 1. The number of nitro groups is 1. The average molecular weight is 415 g/mol. The molecule has 0 aliphatic heterocycles. The van der Waals surface area contributed by atoms with E-state index >= 15 is 0 Å². The molecule has 0 aromatic heterocycles. The summed E-state index contributed by atoms with van der Waals surface area (Å²) in [5, 5.41) is 15.4. The molecule has 2 aromatic carbocycles. The van der Waals surface area contributed by atoms with Crippen molar-refractivity contribution in [1.29, 1.82) is 0 Å². The van der Waals surface area contributed by atoms with Crippen molar-refractivity contribution < 1.29 is 33.6 Å². The van der Waals surface area contributed by atoms with Gasteiger partial charge in [0, 0.05) is 17.7 Å². The van der Waals surface area contributed by atoms with Crippen LogP contribution in [0, 0.1) is 10.1 Å². The van der Waals surface area contributed by atoms with Gasteiger partial charge in [0.2, 0.25) is 0 Å². The summed E-state index contributed by atoms with van der Waals surface area (Å²) in [6.45, 7) is -1.20. The van der Waals surface area contributed by atoms with Crippen LogP contribution in [0.3, 0.4) is 0 Å². The van der Waals surface area contributed by atoms with E-state index in [1.54, 1.807) is 12.1 Å². The minimum absolute atomic E-state index is 0.00541. The molecule has 0 heterocycles. The van der Waals surface area contributed by atoms with E-state index in [1.165, 1.54) is 37.4 Å². The molecule has 0 atom stereocenters. The second-order valence-electron chi connectivity index (χ2n) is 5.74. The number of ether oxygens (including phenoxy) is 2. The number of anilines is 1. The van der Waals surface area contributed by atoms with E-state index in [2.05, 4.69) is 15.4 Å². The van der Waals surface area contributed by atoms with Crippen LogP contribution in [0.1, 0.15) is 20.7 Å². The fourth-order valence-corrected chi connectivity index (χ4v) is 2.28. The van der Waals surface area contributed by atoms with Gasteiger partial charge in [-0.2, -0.15) is 0 Å². The summed E-state index contributed by atoms with van der Waals surface area (Å²) in [6.07, 6.45) is 0. The van der Waals surface area contributed by atoms with Crippen LogP contribution in [0.4, 0.5) is 11.4 Å². The van der Waals surface area contributed by atoms with E-state index in [0.717, 1.165) is 6.07 Å². The first kappa shape index (κ1) is 22.0. The summed E-state index contributed by atoms with van der Waals surface area (Å²) >= 11 is 0. The van der Waals surface area contributed by atoms with Crippen LogP contribution in [0.5, 0.6) is 0 Å². The minimum atomic E-state index is -0.898. The number of esters is 2. The number of para-hydroxylation sites is 1. The SMILES string of the molecule is COC(=O)c1ccccc1NC(=O)COC(=O)CNC(=O)c1cccc([N+](=O)[O-])c1. The quantitative estimate of drug-likeness (QED) is 0.371. The van der Waals surface area contributed by atoms with Crippen LogP contribution in [0.15, 0.2) is 48.5 Å². The number of hydrogen-bond donors (Lipinski definition) is 2. The third kappa shape index (κ3) is 6.12. The van der Waals surface area contributed by atoms with Gasteiger partial charge in [-0.05, 0) is 18.2 Å². The lowest BCUT2D eigenvalue weighted by atomic mass is 10.2. The Kier molecular flexibility index (Phi) is 7.57. The Morgan fingerprint density at radius 1 is 1.07 bits per heavy atom. The summed E-state index contributed by atoms with van der Waals surface area (Å²) in [5.41, 5.74) is 0.0385. The number of carbonyl (C=O) groups excluding carboxylic acids is 4. The molecule has 0 unspecified atom stereocenters. The van der Waals surface area contributed by atoms with Crippen molar-refractivity contribution in [3.63, 3.8) is 0 Å². The zero-order valence-corrected chi connectivity index (χ0v) is 15.7. The van der Waals surface area contributed by atoms with Crippen LogP contribution in [-0.4, -0.2) is 48.9 Å². The molecule has 0 bridgehead atoms. The van der Waals surface area contributed by atoms with E-state index in [-0.39, 0.29) is 22.5 Å². The maximum Gasteiger partial charge on any atom is 0.339 e. The molecule has 2 rings (SSSR count). The Bertz CT molecular complexity index is 989. The van der Waals surface area contributed by atoms with E-state index < -0.39 is 41.8 Å². The van der Waals surface area contributed by atoms with Gasteiger partial charge in [0.05, 0.1) is 23.3 Å². The van der Waals surface area contributed by atoms with Crippen molar-refractivity contribution in [3.8, 4) is 0 Å². The Morgan fingerprint density at radius 2 is 1.80 bits per heavy atom. The lowest BCUT2D eigenvalue weighted by Gasteiger charge is -2.10. The predicted octanol–water partition coefficient (Wildman–Crippen LogP) is 1.29. The molecule has 11 heteroatoms. The van der Waals surface area contributed by atoms with Gasteiger partial charge in [0.15, 0.2) is 6.61 Å². The first-order valence-corrected chi connectivity index (χ1v) is 8.47. The smallest absolute Gasteiger partial charge is 0.339 e. The topological polar surface area (TPSA) is 154 Å². The van der Waals surface area contributed by atoms with E-state index in [0.29, 0.717) is 0 Å². The zero-order valence-electron chi connectivity index (χ0n) is 15.7. The molecule has 2 amide bonds. The van der Waals surface area contributed by atoms with Crippen molar-refractivity contribution in [1.82, 2.24) is 5.32 Å². The summed E-state index contributed by atoms with van der Waals surface area (Å²) in [4.78, 5) is 57.4. The maximum atomic E-state index is 12.0. The molecule has 2 aromatic rings. The number of non-ortho nitro benzene ring substituents is 1. The lowest BCUT2D eigenvalue weighted by Crippen LogP contribution is -2.32. The highest BCUT2D eigenvalue weighted by Gasteiger charge is 2.16. The van der Waals surface area contributed by atoms with Crippen molar-refractivity contribution in [2.24, 2.45) is 0 Å². The standard InChI is InChI=1S/C19H17N3O8/c1-29-19(26)14-7-2-3-8-15(14)21-16(23)11-30-17(24)10-20-18(25)12-5-4-6-13(9-12)22(27)28/h2-9H,10-11H2,1H3,(H,20,25)(H,21,23). The van der Waals surface area contributed by atoms with Crippen molar-refractivity contribution in [2.45, 2.75) is 0 Å². The number of nitrogens with one attached hydrogen (secondary N) is 2. The summed E-state index contributed by atoms with van der Waals surface area (Å²) in [5.74, 6) is -2.96. The molecule has 0 saturated heterocycles. The van der Waals surface area contributed by atoms with E-state index in [1.807, 2.05) is 0 Å². The third-order valence-corrected chi connectivity index (χ3v) is 3.68. The minimum Gasteiger partial charge on any atom is -0.465 e. The van der Waals surface area contributed by atoms with Crippen LogP contribution in [-0.2, 0) is 19.1 Å². The van der Waals surface area contributed by atoms with Gasteiger partial charge in [-0.25, -0.2) is 4.79 Å². The van der Waals surface area contributed by atoms with Crippen LogP contribution < -0.4 is 10.6 Å². The highest BCUT2D eigenvalue weighted by molar-refractivity contribution is 6.02. The largest absolute Gasteiger partial charge is 0.465 e. The normalized spacial score (nSPS) is 9.90. The van der Waals surface area contributed by atoms with Gasteiger partial charge in [-0.1, -0.05) is 18.2 Å². The first-order valence-electron chi connectivity index (χ1n) is 8.47. The molecule has 2 N–H and O–H groups in total. The van der Waals surface area contributed by atoms with Gasteiger partial charge in [-0.3, -0.25) is 24.5 Å². The Hall–Kier alpha value is -4.28. The summed E-state index contributed by atoms with van der Waals surface area (Å²) in [7, 11) is 1.20. The number of nitro benzene ring substituents is 1. The molecule has 0 radical (unpaired) electrons. The highest BCUT2D eigenvalue weighted by Crippen LogP contribution is 2.16. The molecule has 0 fully saturated rings. The molecule has 11 nitrogen and oxygen atoms in total. The van der Waals surface area contributed by atoms with Crippen LogP contribution >= 0.6 is 0 Å². The molecule has 156 valence electrons. The van der Waals surface area contributed by atoms with Gasteiger partial charge in [0.25, 0.3) is 17.5 Å². The van der Waals surface area contributed by atoms with Crippen molar-refractivity contribution in [3.05, 3.63) is 69.8 Å². The predicted molar refractivity (Wildman–Crippen MR) is 103 cm³/mol. The highest BCUT2D eigenvalue weighted by atomic mass is 16.6. The van der Waals surface area contributed by atoms with Gasteiger partial charge in [0.1, 0.15) is 6.54 Å². The van der Waals surface area contributed by atoms with E-state index in [9.17, 15) is 29.3 Å². The maximum absolute atomic E-state index is 12.0. The number of rotatable bonds is 8. The van der Waals surface area contributed by atoms with Gasteiger partial charge >= 0.3 is 11.9 Å². The van der Waals surface area contributed by atoms with Gasteiger partial charge in [-0.15, -0.1) is 0 Å². The monoisotopic (exact) mass is 415 g/mol. The number of benzene rings is 2. The number of carbonyl (C=O) groups is 4. The van der Waals surface area contributed by atoms with E-state index in [4.69, 9.17) is 4.74 Å². The van der Waals surface area contributed by atoms with Crippen molar-refractivity contribution >= 4 is 35.1 Å². The Balaban J connectivity index is 1.83. The molecule has 0 aliphatic carbocycles. The zero-order chi connectivity index (χ0) is 22.1. The van der Waals surface area contributed by atoms with Crippen molar-refractivity contribution in [2.75, 3.05) is 25.6 Å². The van der Waals surface area contributed by atoms with Crippen LogP contribution in [0.2, 0.25) is 0 Å².